The van der Waals surface area contributed by atoms with Crippen LogP contribution in [-0.4, -0.2) is 27.9 Å². The number of aromatic nitrogens is 2. The second-order valence-corrected chi connectivity index (χ2v) is 7.15. The molecule has 24 heavy (non-hydrogen) atoms. The fourth-order valence-corrected chi connectivity index (χ4v) is 4.62. The van der Waals surface area contributed by atoms with Gasteiger partial charge in [0.25, 0.3) is 5.56 Å². The molecule has 0 saturated heterocycles. The van der Waals surface area contributed by atoms with E-state index >= 15 is 0 Å². The van der Waals surface area contributed by atoms with E-state index in [-0.39, 0.29) is 23.9 Å². The molecule has 2 heterocycles. The van der Waals surface area contributed by atoms with Crippen molar-refractivity contribution in [3.63, 3.8) is 0 Å². The molecule has 0 aliphatic heterocycles. The average Bonchev–Trinajstić information content (AvgIpc) is 2.89. The molecule has 1 unspecified atom stereocenters. The van der Waals surface area contributed by atoms with Crippen molar-refractivity contribution in [2.75, 3.05) is 6.61 Å². The Balaban J connectivity index is 2.24. The summed E-state index contributed by atoms with van der Waals surface area (Å²) in [5.74, 6) is -0.275. The summed E-state index contributed by atoms with van der Waals surface area (Å²) in [5.41, 5.74) is 0.538. The monoisotopic (exact) mass is 348 g/mol. The lowest BCUT2D eigenvalue weighted by atomic mass is 9.86. The molecule has 0 spiro atoms. The maximum Gasteiger partial charge on any atom is 0.313 e. The number of fused-ring (bicyclic) bond motifs is 3. The Morgan fingerprint density at radius 3 is 2.83 bits per heavy atom. The summed E-state index contributed by atoms with van der Waals surface area (Å²) in [6.07, 6.45) is 2.42. The number of thiophene rings is 1. The van der Waals surface area contributed by atoms with Crippen molar-refractivity contribution in [3.8, 4) is 0 Å². The van der Waals surface area contributed by atoms with Gasteiger partial charge < -0.3 is 4.74 Å². The zero-order chi connectivity index (χ0) is 17.4. The highest BCUT2D eigenvalue weighted by atomic mass is 32.1. The van der Waals surface area contributed by atoms with Gasteiger partial charge in [0.2, 0.25) is 0 Å². The molecule has 0 fully saturated rings. The molecule has 0 N–H and O–H groups in total. The molecule has 3 rings (SSSR count). The summed E-state index contributed by atoms with van der Waals surface area (Å²) < 4.78 is 6.59. The van der Waals surface area contributed by atoms with Crippen molar-refractivity contribution in [2.45, 2.75) is 52.5 Å². The SMILES string of the molecule is CCOC(=O)C1CCCc2sc3nc(C)n(CC(C)=O)c(=O)c3c21. The number of esters is 1. The maximum absolute atomic E-state index is 13.0. The summed E-state index contributed by atoms with van der Waals surface area (Å²) in [6.45, 7) is 5.27. The molecular weight excluding hydrogens is 328 g/mol. The molecule has 1 atom stereocenters. The van der Waals surface area contributed by atoms with Crippen LogP contribution in [0.5, 0.6) is 0 Å². The summed E-state index contributed by atoms with van der Waals surface area (Å²) >= 11 is 1.48. The van der Waals surface area contributed by atoms with Crippen molar-refractivity contribution >= 4 is 33.3 Å². The summed E-state index contributed by atoms with van der Waals surface area (Å²) in [7, 11) is 0. The Bertz CT molecular complexity index is 881. The first-order chi connectivity index (χ1) is 11.4. The number of ketones is 1. The van der Waals surface area contributed by atoms with Gasteiger partial charge in [0.05, 0.1) is 24.5 Å². The third-order valence-electron chi connectivity index (χ3n) is 4.31. The molecule has 0 saturated carbocycles. The number of carbonyl (C=O) groups is 2. The molecule has 2 aromatic rings. The molecule has 2 aromatic heterocycles. The molecule has 1 aliphatic carbocycles. The summed E-state index contributed by atoms with van der Waals surface area (Å²) in [6, 6.07) is 0. The van der Waals surface area contributed by atoms with Crippen LogP contribution in [0.25, 0.3) is 10.2 Å². The van der Waals surface area contributed by atoms with E-state index in [1.165, 1.54) is 22.8 Å². The van der Waals surface area contributed by atoms with Crippen molar-refractivity contribution < 1.29 is 14.3 Å². The van der Waals surface area contributed by atoms with Gasteiger partial charge in [-0.25, -0.2) is 4.98 Å². The fraction of sp³-hybridized carbons (Fsp3) is 0.529. The van der Waals surface area contributed by atoms with Gasteiger partial charge in [0.15, 0.2) is 0 Å². The Kier molecular flexibility index (Phi) is 4.54. The van der Waals surface area contributed by atoms with E-state index in [4.69, 9.17) is 4.74 Å². The largest absolute Gasteiger partial charge is 0.466 e. The predicted molar refractivity (Wildman–Crippen MR) is 91.6 cm³/mol. The van der Waals surface area contributed by atoms with E-state index < -0.39 is 5.92 Å². The minimum absolute atomic E-state index is 0.00228. The Morgan fingerprint density at radius 1 is 1.42 bits per heavy atom. The van der Waals surface area contributed by atoms with E-state index in [2.05, 4.69) is 4.98 Å². The van der Waals surface area contributed by atoms with Crippen molar-refractivity contribution in [2.24, 2.45) is 0 Å². The van der Waals surface area contributed by atoms with Crippen LogP contribution in [0.15, 0.2) is 4.79 Å². The van der Waals surface area contributed by atoms with E-state index in [1.807, 2.05) is 0 Å². The van der Waals surface area contributed by atoms with Gasteiger partial charge in [-0.15, -0.1) is 11.3 Å². The molecule has 6 nitrogen and oxygen atoms in total. The minimum atomic E-state index is -0.412. The van der Waals surface area contributed by atoms with Crippen molar-refractivity contribution in [1.82, 2.24) is 9.55 Å². The fourth-order valence-electron chi connectivity index (χ4n) is 3.30. The number of hydrogen-bond donors (Lipinski definition) is 0. The average molecular weight is 348 g/mol. The minimum Gasteiger partial charge on any atom is -0.466 e. The number of ether oxygens (including phenoxy) is 1. The lowest BCUT2D eigenvalue weighted by Gasteiger charge is -2.21. The Morgan fingerprint density at radius 2 is 2.17 bits per heavy atom. The summed E-state index contributed by atoms with van der Waals surface area (Å²) in [5, 5.41) is 0.486. The van der Waals surface area contributed by atoms with E-state index in [0.29, 0.717) is 29.1 Å². The number of nitrogens with zero attached hydrogens (tertiary/aromatic N) is 2. The van der Waals surface area contributed by atoms with Crippen LogP contribution in [0, 0.1) is 6.92 Å². The van der Waals surface area contributed by atoms with E-state index in [9.17, 15) is 14.4 Å². The molecule has 0 bridgehead atoms. The van der Waals surface area contributed by atoms with Crippen molar-refractivity contribution in [1.29, 1.82) is 0 Å². The Labute approximate surface area is 143 Å². The lowest BCUT2D eigenvalue weighted by molar-refractivity contribution is -0.145. The summed E-state index contributed by atoms with van der Waals surface area (Å²) in [4.78, 5) is 43.0. The molecule has 0 aromatic carbocycles. The zero-order valence-electron chi connectivity index (χ0n) is 14.0. The molecule has 128 valence electrons. The van der Waals surface area contributed by atoms with E-state index in [0.717, 1.165) is 23.3 Å². The van der Waals surface area contributed by atoms with Gasteiger partial charge in [0, 0.05) is 4.88 Å². The van der Waals surface area contributed by atoms with Crippen molar-refractivity contribution in [3.05, 3.63) is 26.6 Å². The van der Waals surface area contributed by atoms with E-state index in [1.54, 1.807) is 13.8 Å². The normalized spacial score (nSPS) is 16.9. The van der Waals surface area contributed by atoms with Gasteiger partial charge in [-0.2, -0.15) is 0 Å². The van der Waals surface area contributed by atoms with Gasteiger partial charge in [0.1, 0.15) is 16.4 Å². The molecule has 7 heteroatoms. The number of Topliss-reactive ketones (excluding diaryl/α,β-unsaturated/α-hetero) is 1. The maximum atomic E-state index is 13.0. The second-order valence-electron chi connectivity index (χ2n) is 6.07. The molecule has 0 amide bonds. The highest BCUT2D eigenvalue weighted by Crippen LogP contribution is 2.41. The van der Waals surface area contributed by atoms with Gasteiger partial charge in [-0.1, -0.05) is 0 Å². The molecular formula is C17H20N2O4S. The van der Waals surface area contributed by atoms with Gasteiger partial charge in [-0.05, 0) is 45.6 Å². The van der Waals surface area contributed by atoms with Crippen LogP contribution in [-0.2, 0) is 27.3 Å². The third kappa shape index (κ3) is 2.77. The van der Waals surface area contributed by atoms with Crippen LogP contribution < -0.4 is 5.56 Å². The standard InChI is InChI=1S/C17H20N2O4S/c1-4-23-17(22)11-6-5-7-12-13(11)14-15(24-12)18-10(3)19(16(14)21)8-9(2)20/h11H,4-8H2,1-3H3. The Hall–Kier alpha value is -2.02. The first kappa shape index (κ1) is 16.8. The number of carbonyl (C=O) groups excluding carboxylic acids is 2. The van der Waals surface area contributed by atoms with Gasteiger partial charge >= 0.3 is 5.97 Å². The van der Waals surface area contributed by atoms with Crippen LogP contribution in [0.2, 0.25) is 0 Å². The first-order valence-electron chi connectivity index (χ1n) is 8.12. The molecule has 1 aliphatic rings. The third-order valence-corrected chi connectivity index (χ3v) is 5.47. The van der Waals surface area contributed by atoms with Crippen LogP contribution >= 0.6 is 11.3 Å². The lowest BCUT2D eigenvalue weighted by Crippen LogP contribution is -2.28. The highest BCUT2D eigenvalue weighted by molar-refractivity contribution is 7.18. The van der Waals surface area contributed by atoms with Crippen LogP contribution in [0.1, 0.15) is 48.9 Å². The predicted octanol–water partition coefficient (Wildman–Crippen LogP) is 2.34. The second kappa shape index (κ2) is 6.47. The van der Waals surface area contributed by atoms with Gasteiger partial charge in [-0.3, -0.25) is 19.0 Å². The number of hydrogen-bond acceptors (Lipinski definition) is 6. The zero-order valence-corrected chi connectivity index (χ0v) is 14.9. The highest BCUT2D eigenvalue weighted by Gasteiger charge is 2.33. The topological polar surface area (TPSA) is 78.3 Å². The molecule has 0 radical (unpaired) electrons. The van der Waals surface area contributed by atoms with Crippen LogP contribution in [0.4, 0.5) is 0 Å². The smallest absolute Gasteiger partial charge is 0.313 e. The van der Waals surface area contributed by atoms with Crippen LogP contribution in [0.3, 0.4) is 0 Å². The quantitative estimate of drug-likeness (QED) is 0.793. The first-order valence-corrected chi connectivity index (χ1v) is 8.94. The number of rotatable bonds is 4. The number of aryl methyl sites for hydroxylation is 2.